The second-order valence-electron chi connectivity index (χ2n) is 8.31. The van der Waals surface area contributed by atoms with Crippen LogP contribution in [-0.2, 0) is 4.79 Å². The molecule has 7 nitrogen and oxygen atoms in total. The largest absolute Gasteiger partial charge is 0.482 e. The molecule has 0 aliphatic carbocycles. The molecule has 0 aromatic heterocycles. The molecule has 2 aliphatic rings. The fourth-order valence-electron chi connectivity index (χ4n) is 4.29. The van der Waals surface area contributed by atoms with Crippen LogP contribution in [0.15, 0.2) is 53.5 Å². The molecule has 7 heteroatoms. The van der Waals surface area contributed by atoms with Gasteiger partial charge in [0.25, 0.3) is 5.91 Å². The van der Waals surface area contributed by atoms with Gasteiger partial charge in [-0.1, -0.05) is 24.3 Å². The van der Waals surface area contributed by atoms with Gasteiger partial charge in [-0.05, 0) is 56.0 Å². The van der Waals surface area contributed by atoms with Crippen molar-refractivity contribution in [1.29, 1.82) is 0 Å². The summed E-state index contributed by atoms with van der Waals surface area (Å²) in [5.74, 6) is 1.53. The first kappa shape index (κ1) is 22.0. The number of amides is 1. The second-order valence-corrected chi connectivity index (χ2v) is 8.31. The third-order valence-electron chi connectivity index (χ3n) is 6.08. The minimum absolute atomic E-state index is 0.00212. The van der Waals surface area contributed by atoms with Crippen molar-refractivity contribution in [3.05, 3.63) is 54.1 Å². The molecule has 32 heavy (non-hydrogen) atoms. The number of anilines is 2. The highest BCUT2D eigenvalue weighted by molar-refractivity contribution is 5.97. The highest BCUT2D eigenvalue weighted by Gasteiger charge is 2.24. The molecule has 0 saturated carbocycles. The smallest absolute Gasteiger partial charge is 0.265 e. The van der Waals surface area contributed by atoms with Gasteiger partial charge in [0.15, 0.2) is 12.6 Å². The highest BCUT2D eigenvalue weighted by atomic mass is 16.5. The van der Waals surface area contributed by atoms with E-state index in [-0.39, 0.29) is 18.6 Å². The molecule has 2 heterocycles. The van der Waals surface area contributed by atoms with Crippen LogP contribution in [0.5, 0.6) is 5.75 Å². The van der Waals surface area contributed by atoms with Crippen LogP contribution in [0.3, 0.4) is 0 Å². The lowest BCUT2D eigenvalue weighted by atomic mass is 10.1. The Hall–Kier alpha value is -3.22. The van der Waals surface area contributed by atoms with Crippen molar-refractivity contribution in [2.75, 3.05) is 49.6 Å². The van der Waals surface area contributed by atoms with Crippen LogP contribution in [0.25, 0.3) is 0 Å². The first-order valence-electron chi connectivity index (χ1n) is 11.5. The van der Waals surface area contributed by atoms with Crippen molar-refractivity contribution in [2.24, 2.45) is 4.99 Å². The Morgan fingerprint density at radius 3 is 2.78 bits per heavy atom. The lowest BCUT2D eigenvalue weighted by Gasteiger charge is -2.29. The summed E-state index contributed by atoms with van der Waals surface area (Å²) >= 11 is 0. The Bertz CT molecular complexity index is 955. The minimum atomic E-state index is -0.00212. The zero-order valence-electron chi connectivity index (χ0n) is 19.0. The van der Waals surface area contributed by atoms with Crippen molar-refractivity contribution in [3.8, 4) is 5.75 Å². The van der Waals surface area contributed by atoms with Gasteiger partial charge in [-0.25, -0.2) is 0 Å². The number of aliphatic imine (C=N–C) groups is 1. The van der Waals surface area contributed by atoms with Gasteiger partial charge in [0.1, 0.15) is 5.75 Å². The maximum absolute atomic E-state index is 12.3. The number of ether oxygens (including phenoxy) is 1. The van der Waals surface area contributed by atoms with Gasteiger partial charge < -0.3 is 25.2 Å². The Balaban J connectivity index is 1.27. The summed E-state index contributed by atoms with van der Waals surface area (Å²) in [7, 11) is 1.78. The molecule has 1 unspecified atom stereocenters. The maximum atomic E-state index is 12.3. The number of hydrogen-bond acceptors (Lipinski definition) is 4. The number of guanidine groups is 1. The molecule has 1 amide bonds. The van der Waals surface area contributed by atoms with Gasteiger partial charge in [0.05, 0.1) is 11.7 Å². The normalized spacial score (nSPS) is 17.1. The standard InChI is InChI=1S/C25H33N5O2/c1-19(20-9-7-10-21(17-20)29-14-5-6-15-29)28-25(26-2)27-13-8-16-30-22-11-3-4-12-23(22)32-18-24(30)31/h3-4,7,9-12,17,19H,5-6,8,13-16,18H2,1-2H3,(H2,26,27,28). The predicted octanol–water partition coefficient (Wildman–Crippen LogP) is 3.33. The van der Waals surface area contributed by atoms with E-state index in [1.807, 2.05) is 29.2 Å². The molecule has 1 fully saturated rings. The summed E-state index contributed by atoms with van der Waals surface area (Å²) in [5.41, 5.74) is 3.39. The van der Waals surface area contributed by atoms with Crippen LogP contribution in [-0.4, -0.2) is 51.7 Å². The summed E-state index contributed by atoms with van der Waals surface area (Å²) in [4.78, 5) is 20.9. The van der Waals surface area contributed by atoms with Crippen molar-refractivity contribution in [2.45, 2.75) is 32.2 Å². The average Bonchev–Trinajstić information content (AvgIpc) is 3.37. The molecule has 2 aromatic rings. The SMILES string of the molecule is CN=C(NCCCN1C(=O)COc2ccccc21)NC(C)c1cccc(N2CCCC2)c1. The number of nitrogens with one attached hydrogen (secondary N) is 2. The van der Waals surface area contributed by atoms with E-state index in [1.165, 1.54) is 24.1 Å². The maximum Gasteiger partial charge on any atom is 0.265 e. The summed E-state index contributed by atoms with van der Waals surface area (Å²) in [6.07, 6.45) is 3.35. The van der Waals surface area contributed by atoms with Gasteiger partial charge in [0.2, 0.25) is 0 Å². The molecular weight excluding hydrogens is 402 g/mol. The monoisotopic (exact) mass is 435 g/mol. The van der Waals surface area contributed by atoms with Gasteiger partial charge in [-0.2, -0.15) is 0 Å². The Kier molecular flexibility index (Phi) is 7.14. The van der Waals surface area contributed by atoms with E-state index in [0.29, 0.717) is 13.1 Å². The van der Waals surface area contributed by atoms with Crippen LogP contribution < -0.4 is 25.2 Å². The van der Waals surface area contributed by atoms with E-state index in [2.05, 4.69) is 51.7 Å². The molecule has 0 bridgehead atoms. The fraction of sp³-hybridized carbons (Fsp3) is 0.440. The highest BCUT2D eigenvalue weighted by Crippen LogP contribution is 2.31. The number of fused-ring (bicyclic) bond motifs is 1. The number of nitrogens with zero attached hydrogens (tertiary/aromatic N) is 3. The van der Waals surface area contributed by atoms with Crippen molar-refractivity contribution in [3.63, 3.8) is 0 Å². The molecule has 2 N–H and O–H groups in total. The third kappa shape index (κ3) is 5.15. The number of carbonyl (C=O) groups is 1. The zero-order chi connectivity index (χ0) is 22.3. The van der Waals surface area contributed by atoms with Gasteiger partial charge in [-0.3, -0.25) is 9.79 Å². The van der Waals surface area contributed by atoms with E-state index in [9.17, 15) is 4.79 Å². The van der Waals surface area contributed by atoms with Crippen LogP contribution >= 0.6 is 0 Å². The van der Waals surface area contributed by atoms with Gasteiger partial charge >= 0.3 is 0 Å². The number of para-hydroxylation sites is 2. The fourth-order valence-corrected chi connectivity index (χ4v) is 4.29. The van der Waals surface area contributed by atoms with Gasteiger partial charge in [-0.15, -0.1) is 0 Å². The molecule has 0 spiro atoms. The van der Waals surface area contributed by atoms with E-state index in [4.69, 9.17) is 4.74 Å². The van der Waals surface area contributed by atoms with E-state index in [1.54, 1.807) is 7.05 Å². The predicted molar refractivity (Wildman–Crippen MR) is 130 cm³/mol. The molecule has 4 rings (SSSR count). The van der Waals surface area contributed by atoms with Crippen LogP contribution in [0.1, 0.15) is 37.8 Å². The van der Waals surface area contributed by atoms with E-state index < -0.39 is 0 Å². The molecule has 1 atom stereocenters. The lowest BCUT2D eigenvalue weighted by Crippen LogP contribution is -2.42. The quantitative estimate of drug-likeness (QED) is 0.397. The van der Waals surface area contributed by atoms with Crippen LogP contribution in [0, 0.1) is 0 Å². The van der Waals surface area contributed by atoms with Crippen molar-refractivity contribution >= 4 is 23.2 Å². The minimum Gasteiger partial charge on any atom is -0.482 e. The Morgan fingerprint density at radius 2 is 1.97 bits per heavy atom. The first-order valence-corrected chi connectivity index (χ1v) is 11.5. The summed E-state index contributed by atoms with van der Waals surface area (Å²) in [6.45, 7) is 5.89. The number of hydrogen-bond donors (Lipinski definition) is 2. The Morgan fingerprint density at radius 1 is 1.16 bits per heavy atom. The van der Waals surface area contributed by atoms with Crippen LogP contribution in [0.4, 0.5) is 11.4 Å². The topological polar surface area (TPSA) is 69.2 Å². The molecule has 2 aliphatic heterocycles. The van der Waals surface area contributed by atoms with Crippen molar-refractivity contribution < 1.29 is 9.53 Å². The summed E-state index contributed by atoms with van der Waals surface area (Å²) < 4.78 is 5.52. The molecule has 1 saturated heterocycles. The van der Waals surface area contributed by atoms with E-state index >= 15 is 0 Å². The van der Waals surface area contributed by atoms with Crippen LogP contribution in [0.2, 0.25) is 0 Å². The zero-order valence-corrected chi connectivity index (χ0v) is 19.0. The van der Waals surface area contributed by atoms with E-state index in [0.717, 1.165) is 36.9 Å². The average molecular weight is 436 g/mol. The lowest BCUT2D eigenvalue weighted by molar-refractivity contribution is -0.121. The first-order chi connectivity index (χ1) is 15.7. The third-order valence-corrected chi connectivity index (χ3v) is 6.08. The summed E-state index contributed by atoms with van der Waals surface area (Å²) in [6, 6.07) is 16.6. The number of rotatable bonds is 7. The van der Waals surface area contributed by atoms with Gasteiger partial charge in [0, 0.05) is 38.9 Å². The van der Waals surface area contributed by atoms with Crippen molar-refractivity contribution in [1.82, 2.24) is 10.6 Å². The summed E-state index contributed by atoms with van der Waals surface area (Å²) in [5, 5.41) is 6.86. The molecular formula is C25H33N5O2. The number of benzene rings is 2. The molecule has 170 valence electrons. The Labute approximate surface area is 190 Å². The number of carbonyl (C=O) groups excluding carboxylic acids is 1. The molecule has 2 aromatic carbocycles. The molecule has 0 radical (unpaired) electrons. The second kappa shape index (κ2) is 10.4.